The number of rotatable bonds is 5. The molecular weight excluding hydrogens is 521 g/mol. The topological polar surface area (TPSA) is 45.6 Å². The summed E-state index contributed by atoms with van der Waals surface area (Å²) in [6, 6.07) is 24.3. The van der Waals surface area contributed by atoms with Gasteiger partial charge in [0.2, 0.25) is 5.91 Å². The Kier molecular flexibility index (Phi) is 6.49. The van der Waals surface area contributed by atoms with Crippen molar-refractivity contribution < 1.29 is 14.0 Å². The lowest BCUT2D eigenvalue weighted by atomic mass is 9.97. The summed E-state index contributed by atoms with van der Waals surface area (Å²) in [4.78, 5) is 30.8. The number of carbonyl (C=O) groups is 2. The van der Waals surface area contributed by atoms with Crippen molar-refractivity contribution in [1.29, 1.82) is 0 Å². The summed E-state index contributed by atoms with van der Waals surface area (Å²) in [5, 5.41) is 0. The molecule has 1 unspecified atom stereocenters. The predicted molar refractivity (Wildman–Crippen MR) is 142 cm³/mol. The third-order valence-electron chi connectivity index (χ3n) is 6.45. The van der Waals surface area contributed by atoms with Crippen LogP contribution in [0.4, 0.5) is 10.1 Å². The molecule has 1 aliphatic rings. The van der Waals surface area contributed by atoms with Gasteiger partial charge in [0, 0.05) is 22.3 Å². The van der Waals surface area contributed by atoms with Crippen LogP contribution in [0.25, 0.3) is 5.69 Å². The Morgan fingerprint density at radius 1 is 0.917 bits per heavy atom. The first-order chi connectivity index (χ1) is 17.3. The quantitative estimate of drug-likeness (QED) is 0.292. The Labute approximate surface area is 217 Å². The molecule has 0 radical (unpaired) electrons. The molecule has 0 bridgehead atoms. The molecule has 5 nitrogen and oxygen atoms in total. The fourth-order valence-electron chi connectivity index (χ4n) is 4.69. The smallest absolute Gasteiger partial charge is 0.254 e. The van der Waals surface area contributed by atoms with E-state index in [1.54, 1.807) is 34.1 Å². The fourth-order valence-corrected chi connectivity index (χ4v) is 4.96. The minimum atomic E-state index is -0.472. The predicted octanol–water partition coefficient (Wildman–Crippen LogP) is 6.37. The van der Waals surface area contributed by atoms with Crippen molar-refractivity contribution in [3.63, 3.8) is 0 Å². The second-order valence-electron chi connectivity index (χ2n) is 9.04. The summed E-state index contributed by atoms with van der Waals surface area (Å²) >= 11 is 3.40. The van der Waals surface area contributed by atoms with Crippen LogP contribution in [0.1, 0.15) is 41.5 Å². The molecule has 0 spiro atoms. The average molecular weight is 546 g/mol. The second kappa shape index (κ2) is 9.74. The Morgan fingerprint density at radius 2 is 1.58 bits per heavy atom. The first-order valence-electron chi connectivity index (χ1n) is 11.8. The number of halogens is 2. The van der Waals surface area contributed by atoms with Crippen LogP contribution >= 0.6 is 15.9 Å². The van der Waals surface area contributed by atoms with Crippen molar-refractivity contribution in [3.05, 3.63) is 118 Å². The standard InChI is InChI=1S/C29H25BrFN3O2/c1-19(2)33(29(36)21-9-13-22(30)14-10-21)18-27(35)34-25-7-4-3-6-24(25)32-17-5-8-26(32)28(34)20-11-15-23(31)16-12-20/h3-17,19,28H,18H2,1-2H3. The number of anilines is 1. The Balaban J connectivity index is 1.56. The number of para-hydroxylation sites is 2. The molecule has 0 saturated heterocycles. The van der Waals surface area contributed by atoms with E-state index in [9.17, 15) is 14.0 Å². The maximum absolute atomic E-state index is 14.1. The van der Waals surface area contributed by atoms with Crippen LogP contribution in [-0.2, 0) is 4.79 Å². The molecule has 7 heteroatoms. The zero-order chi connectivity index (χ0) is 25.4. The molecular formula is C29H25BrFN3O2. The maximum atomic E-state index is 14.1. The molecule has 1 aliphatic heterocycles. The summed E-state index contributed by atoms with van der Waals surface area (Å²) in [5.41, 5.74) is 3.81. The lowest BCUT2D eigenvalue weighted by Crippen LogP contribution is -2.48. The molecule has 3 aromatic carbocycles. The average Bonchev–Trinajstić information content (AvgIpc) is 3.37. The van der Waals surface area contributed by atoms with Crippen LogP contribution < -0.4 is 4.90 Å². The van der Waals surface area contributed by atoms with Crippen LogP contribution in [0.2, 0.25) is 0 Å². The molecule has 0 N–H and O–H groups in total. The van der Waals surface area contributed by atoms with E-state index in [1.165, 1.54) is 12.1 Å². The van der Waals surface area contributed by atoms with Gasteiger partial charge in [-0.05, 0) is 80.1 Å². The van der Waals surface area contributed by atoms with Crippen molar-refractivity contribution in [3.8, 4) is 5.69 Å². The second-order valence-corrected chi connectivity index (χ2v) is 9.96. The minimum absolute atomic E-state index is 0.0979. The lowest BCUT2D eigenvalue weighted by molar-refractivity contribution is -0.120. The number of hydrogen-bond donors (Lipinski definition) is 0. The summed E-state index contributed by atoms with van der Waals surface area (Å²) < 4.78 is 16.7. The van der Waals surface area contributed by atoms with E-state index in [4.69, 9.17) is 0 Å². The molecule has 182 valence electrons. The summed E-state index contributed by atoms with van der Waals surface area (Å²) in [6.45, 7) is 3.70. The van der Waals surface area contributed by atoms with Gasteiger partial charge in [-0.1, -0.05) is 40.2 Å². The van der Waals surface area contributed by atoms with Crippen molar-refractivity contribution in [1.82, 2.24) is 9.47 Å². The van der Waals surface area contributed by atoms with Gasteiger partial charge in [0.25, 0.3) is 5.91 Å². The Bertz CT molecular complexity index is 1410. The highest BCUT2D eigenvalue weighted by molar-refractivity contribution is 9.10. The van der Waals surface area contributed by atoms with E-state index in [0.717, 1.165) is 27.1 Å². The highest BCUT2D eigenvalue weighted by atomic mass is 79.9. The molecule has 5 rings (SSSR count). The first kappa shape index (κ1) is 24.0. The summed E-state index contributed by atoms with van der Waals surface area (Å²) in [5.74, 6) is -0.768. The van der Waals surface area contributed by atoms with E-state index in [1.807, 2.05) is 68.6 Å². The number of amides is 2. The van der Waals surface area contributed by atoms with Crippen molar-refractivity contribution >= 4 is 33.4 Å². The van der Waals surface area contributed by atoms with Crippen LogP contribution in [0.15, 0.2) is 95.6 Å². The van der Waals surface area contributed by atoms with Gasteiger partial charge in [-0.2, -0.15) is 0 Å². The highest BCUT2D eigenvalue weighted by Gasteiger charge is 2.37. The SMILES string of the molecule is CC(C)N(CC(=O)N1c2ccccc2-n2cccc2C1c1ccc(F)cc1)C(=O)c1ccc(Br)cc1. The van der Waals surface area contributed by atoms with Gasteiger partial charge in [-0.15, -0.1) is 0 Å². The van der Waals surface area contributed by atoms with Crippen LogP contribution in [0.5, 0.6) is 0 Å². The van der Waals surface area contributed by atoms with Gasteiger partial charge in [-0.3, -0.25) is 14.5 Å². The third kappa shape index (κ3) is 4.35. The van der Waals surface area contributed by atoms with Gasteiger partial charge < -0.3 is 9.47 Å². The highest BCUT2D eigenvalue weighted by Crippen LogP contribution is 2.42. The van der Waals surface area contributed by atoms with Crippen LogP contribution in [0, 0.1) is 5.82 Å². The van der Waals surface area contributed by atoms with Gasteiger partial charge in [-0.25, -0.2) is 4.39 Å². The number of hydrogen-bond acceptors (Lipinski definition) is 2. The molecule has 0 aliphatic carbocycles. The number of fused-ring (bicyclic) bond motifs is 3. The monoisotopic (exact) mass is 545 g/mol. The normalized spacial score (nSPS) is 14.4. The Morgan fingerprint density at radius 3 is 2.25 bits per heavy atom. The largest absolute Gasteiger partial charge is 0.327 e. The van der Waals surface area contributed by atoms with Gasteiger partial charge in [0.15, 0.2) is 0 Å². The van der Waals surface area contributed by atoms with Crippen molar-refractivity contribution in [2.24, 2.45) is 0 Å². The van der Waals surface area contributed by atoms with Gasteiger partial charge in [0.1, 0.15) is 18.4 Å². The Hall–Kier alpha value is -3.71. The molecule has 0 saturated carbocycles. The number of carbonyl (C=O) groups excluding carboxylic acids is 2. The summed E-state index contributed by atoms with van der Waals surface area (Å²) in [6.07, 6.45) is 1.96. The molecule has 2 amide bonds. The molecule has 4 aromatic rings. The fraction of sp³-hybridized carbons (Fsp3) is 0.172. The van der Waals surface area contributed by atoms with Gasteiger partial charge >= 0.3 is 0 Å². The van der Waals surface area contributed by atoms with E-state index >= 15 is 0 Å². The van der Waals surface area contributed by atoms with E-state index in [-0.39, 0.29) is 30.2 Å². The molecule has 1 aromatic heterocycles. The third-order valence-corrected chi connectivity index (χ3v) is 6.98. The summed E-state index contributed by atoms with van der Waals surface area (Å²) in [7, 11) is 0. The molecule has 36 heavy (non-hydrogen) atoms. The van der Waals surface area contributed by atoms with E-state index in [2.05, 4.69) is 20.5 Å². The van der Waals surface area contributed by atoms with Crippen molar-refractivity contribution in [2.75, 3.05) is 11.4 Å². The minimum Gasteiger partial charge on any atom is -0.327 e. The zero-order valence-corrected chi connectivity index (χ0v) is 21.5. The molecule has 1 atom stereocenters. The number of nitrogens with zero attached hydrogens (tertiary/aromatic N) is 3. The zero-order valence-electron chi connectivity index (χ0n) is 19.9. The van der Waals surface area contributed by atoms with Gasteiger partial charge in [0.05, 0.1) is 17.1 Å². The van der Waals surface area contributed by atoms with Crippen molar-refractivity contribution in [2.45, 2.75) is 25.9 Å². The van der Waals surface area contributed by atoms with E-state index in [0.29, 0.717) is 5.56 Å². The van der Waals surface area contributed by atoms with Crippen LogP contribution in [-0.4, -0.2) is 33.9 Å². The molecule has 0 fully saturated rings. The first-order valence-corrected chi connectivity index (χ1v) is 12.5. The number of benzene rings is 3. The van der Waals surface area contributed by atoms with Crippen LogP contribution in [0.3, 0.4) is 0 Å². The maximum Gasteiger partial charge on any atom is 0.254 e. The lowest BCUT2D eigenvalue weighted by Gasteiger charge is -2.40. The molecule has 2 heterocycles. The van der Waals surface area contributed by atoms with E-state index < -0.39 is 6.04 Å². The number of aromatic nitrogens is 1.